The second-order valence-corrected chi connectivity index (χ2v) is 6.49. The van der Waals surface area contributed by atoms with Gasteiger partial charge in [-0.15, -0.1) is 0 Å². The number of carbonyl (C=O) groups excluding carboxylic acids is 1. The molecule has 2 aliphatic carbocycles. The maximum absolute atomic E-state index is 12.2. The molecule has 3 rings (SSSR count). The smallest absolute Gasteiger partial charge is 0.224 e. The van der Waals surface area contributed by atoms with Gasteiger partial charge in [0.05, 0.1) is 13.2 Å². The number of carbonyl (C=O) groups is 1. The van der Waals surface area contributed by atoms with Crippen molar-refractivity contribution in [3.63, 3.8) is 0 Å². The van der Waals surface area contributed by atoms with Crippen LogP contribution in [-0.2, 0) is 18.0 Å². The summed E-state index contributed by atoms with van der Waals surface area (Å²) in [5, 5.41) is 21.4. The van der Waals surface area contributed by atoms with Gasteiger partial charge >= 0.3 is 0 Å². The van der Waals surface area contributed by atoms with Crippen LogP contribution in [0.1, 0.15) is 43.2 Å². The van der Waals surface area contributed by atoms with Gasteiger partial charge in [-0.05, 0) is 54.7 Å². The monoisotopic (exact) mass is 289 g/mol. The number of hydrogen-bond acceptors (Lipinski definition) is 3. The summed E-state index contributed by atoms with van der Waals surface area (Å²) in [4.78, 5) is 12.2. The fourth-order valence-corrected chi connectivity index (χ4v) is 4.06. The Labute approximate surface area is 125 Å². The van der Waals surface area contributed by atoms with E-state index in [0.29, 0.717) is 23.6 Å². The molecule has 0 spiro atoms. The van der Waals surface area contributed by atoms with Crippen molar-refractivity contribution in [1.29, 1.82) is 0 Å². The molecule has 1 aromatic carbocycles. The zero-order valence-corrected chi connectivity index (χ0v) is 12.2. The number of hydrogen-bond donors (Lipinski definition) is 3. The lowest BCUT2D eigenvalue weighted by Crippen LogP contribution is -2.21. The van der Waals surface area contributed by atoms with Crippen LogP contribution in [0, 0.1) is 17.8 Å². The van der Waals surface area contributed by atoms with Crippen molar-refractivity contribution < 1.29 is 15.0 Å². The minimum Gasteiger partial charge on any atom is -0.392 e. The Morgan fingerprint density at radius 1 is 1.19 bits per heavy atom. The summed E-state index contributed by atoms with van der Waals surface area (Å²) in [5.74, 6) is 2.18. The summed E-state index contributed by atoms with van der Waals surface area (Å²) in [6.45, 7) is -0.204. The Morgan fingerprint density at radius 2 is 2.05 bits per heavy atom. The minimum absolute atomic E-state index is 0.0407. The molecule has 4 heteroatoms. The molecule has 2 saturated carbocycles. The molecule has 0 aliphatic heterocycles. The molecule has 3 N–H and O–H groups in total. The fraction of sp³-hybridized carbons (Fsp3) is 0.588. The first-order valence-corrected chi connectivity index (χ1v) is 7.83. The van der Waals surface area contributed by atoms with E-state index in [9.17, 15) is 9.90 Å². The first-order chi connectivity index (χ1) is 10.2. The van der Waals surface area contributed by atoms with Crippen molar-refractivity contribution >= 4 is 11.6 Å². The van der Waals surface area contributed by atoms with Gasteiger partial charge in [0, 0.05) is 17.7 Å². The van der Waals surface area contributed by atoms with Gasteiger partial charge in [-0.2, -0.15) is 0 Å². The Morgan fingerprint density at radius 3 is 2.67 bits per heavy atom. The quantitative estimate of drug-likeness (QED) is 0.779. The lowest BCUT2D eigenvalue weighted by molar-refractivity contribution is -0.117. The number of fused-ring (bicyclic) bond motifs is 2. The number of benzene rings is 1. The van der Waals surface area contributed by atoms with E-state index >= 15 is 0 Å². The summed E-state index contributed by atoms with van der Waals surface area (Å²) < 4.78 is 0. The van der Waals surface area contributed by atoms with Gasteiger partial charge in [-0.25, -0.2) is 0 Å². The van der Waals surface area contributed by atoms with Gasteiger partial charge in [0.2, 0.25) is 5.91 Å². The third-order valence-corrected chi connectivity index (χ3v) is 5.13. The lowest BCUT2D eigenvalue weighted by Gasteiger charge is -2.21. The molecule has 4 nitrogen and oxygen atoms in total. The second-order valence-electron chi connectivity index (χ2n) is 6.49. The Hall–Kier alpha value is -1.39. The van der Waals surface area contributed by atoms with Crippen molar-refractivity contribution in [3.8, 4) is 0 Å². The number of nitrogens with one attached hydrogen (secondary N) is 1. The van der Waals surface area contributed by atoms with Crippen LogP contribution in [0.2, 0.25) is 0 Å². The summed E-state index contributed by atoms with van der Waals surface area (Å²) in [5.41, 5.74) is 2.05. The van der Waals surface area contributed by atoms with E-state index in [1.54, 1.807) is 18.2 Å². The highest BCUT2D eigenvalue weighted by atomic mass is 16.3. The molecule has 114 valence electrons. The summed E-state index contributed by atoms with van der Waals surface area (Å²) >= 11 is 0. The topological polar surface area (TPSA) is 69.6 Å². The van der Waals surface area contributed by atoms with Gasteiger partial charge in [0.25, 0.3) is 0 Å². The Balaban J connectivity index is 1.62. The van der Waals surface area contributed by atoms with Gasteiger partial charge in [-0.3, -0.25) is 4.79 Å². The predicted molar refractivity (Wildman–Crippen MR) is 80.5 cm³/mol. The summed E-state index contributed by atoms with van der Waals surface area (Å²) in [7, 11) is 0. The molecule has 3 unspecified atom stereocenters. The number of anilines is 1. The normalized spacial score (nSPS) is 27.0. The van der Waals surface area contributed by atoms with Crippen LogP contribution in [-0.4, -0.2) is 16.1 Å². The first-order valence-electron chi connectivity index (χ1n) is 7.83. The third-order valence-electron chi connectivity index (χ3n) is 5.13. The molecule has 0 aromatic heterocycles. The molecule has 3 atom stereocenters. The average molecular weight is 289 g/mol. The molecular weight excluding hydrogens is 266 g/mol. The van der Waals surface area contributed by atoms with Crippen LogP contribution in [0.5, 0.6) is 0 Å². The molecule has 2 bridgehead atoms. The highest BCUT2D eigenvalue weighted by Gasteiger charge is 2.40. The molecular formula is C17H23NO3. The maximum Gasteiger partial charge on any atom is 0.224 e. The summed E-state index contributed by atoms with van der Waals surface area (Å²) in [6, 6.07) is 5.26. The number of amides is 1. The van der Waals surface area contributed by atoms with E-state index in [-0.39, 0.29) is 19.1 Å². The number of aliphatic hydroxyl groups excluding tert-OH is 2. The van der Waals surface area contributed by atoms with E-state index in [1.165, 1.54) is 25.7 Å². The number of aliphatic hydroxyl groups is 2. The van der Waals surface area contributed by atoms with E-state index in [4.69, 9.17) is 5.11 Å². The molecule has 2 fully saturated rings. The molecule has 21 heavy (non-hydrogen) atoms. The lowest BCUT2D eigenvalue weighted by atomic mass is 9.86. The van der Waals surface area contributed by atoms with Gasteiger partial charge in [0.15, 0.2) is 0 Å². The van der Waals surface area contributed by atoms with Crippen LogP contribution < -0.4 is 5.32 Å². The molecule has 0 saturated heterocycles. The van der Waals surface area contributed by atoms with Gasteiger partial charge < -0.3 is 15.5 Å². The van der Waals surface area contributed by atoms with Crippen LogP contribution in [0.3, 0.4) is 0 Å². The van der Waals surface area contributed by atoms with Crippen molar-refractivity contribution in [2.75, 3.05) is 5.32 Å². The van der Waals surface area contributed by atoms with Crippen LogP contribution in [0.15, 0.2) is 18.2 Å². The maximum atomic E-state index is 12.2. The minimum atomic E-state index is -0.141. The van der Waals surface area contributed by atoms with Crippen molar-refractivity contribution in [2.24, 2.45) is 17.8 Å². The fourth-order valence-electron chi connectivity index (χ4n) is 4.06. The standard InChI is InChI=1S/C17H23NO3/c19-9-12-2-4-16(15(7-12)10-20)18-17(21)8-14-6-11-1-3-13(14)5-11/h2,4,7,11,13-14,19-20H,1,3,5-6,8-10H2,(H,18,21). The van der Waals surface area contributed by atoms with Crippen LogP contribution >= 0.6 is 0 Å². The second kappa shape index (κ2) is 6.16. The summed E-state index contributed by atoms with van der Waals surface area (Å²) in [6.07, 6.45) is 5.74. The molecule has 0 radical (unpaired) electrons. The number of rotatable bonds is 5. The predicted octanol–water partition coefficient (Wildman–Crippen LogP) is 2.44. The first kappa shape index (κ1) is 14.5. The van der Waals surface area contributed by atoms with Crippen molar-refractivity contribution in [1.82, 2.24) is 0 Å². The van der Waals surface area contributed by atoms with Gasteiger partial charge in [0.1, 0.15) is 0 Å². The van der Waals surface area contributed by atoms with E-state index in [1.807, 2.05) is 0 Å². The Kier molecular flexibility index (Phi) is 4.27. The van der Waals surface area contributed by atoms with Crippen LogP contribution in [0.4, 0.5) is 5.69 Å². The highest BCUT2D eigenvalue weighted by molar-refractivity contribution is 5.91. The zero-order chi connectivity index (χ0) is 14.8. The average Bonchev–Trinajstić information content (AvgIpc) is 3.10. The van der Waals surface area contributed by atoms with Gasteiger partial charge in [-0.1, -0.05) is 12.5 Å². The third kappa shape index (κ3) is 3.11. The molecule has 0 heterocycles. The SMILES string of the molecule is O=C(CC1CC2CCC1C2)Nc1ccc(CO)cc1CO. The van der Waals surface area contributed by atoms with Crippen molar-refractivity contribution in [3.05, 3.63) is 29.3 Å². The largest absolute Gasteiger partial charge is 0.392 e. The van der Waals surface area contributed by atoms with E-state index < -0.39 is 0 Å². The molecule has 2 aliphatic rings. The Bertz CT molecular complexity index is 529. The molecule has 1 amide bonds. The van der Waals surface area contributed by atoms with Crippen molar-refractivity contribution in [2.45, 2.75) is 45.3 Å². The zero-order valence-electron chi connectivity index (χ0n) is 12.2. The molecule has 1 aromatic rings. The highest BCUT2D eigenvalue weighted by Crippen LogP contribution is 2.49. The van der Waals surface area contributed by atoms with E-state index in [2.05, 4.69) is 5.32 Å². The van der Waals surface area contributed by atoms with E-state index in [0.717, 1.165) is 17.4 Å². The van der Waals surface area contributed by atoms with Crippen LogP contribution in [0.25, 0.3) is 0 Å².